The second-order valence-electron chi connectivity index (χ2n) is 8.96. The fraction of sp³-hybridized carbons (Fsp3) is 0.478. The first-order valence-corrected chi connectivity index (χ1v) is 8.97. The number of rotatable bonds is 3. The molecule has 2 nitrogen and oxygen atoms in total. The molecule has 0 aliphatic carbocycles. The molecule has 0 bridgehead atoms. The summed E-state index contributed by atoms with van der Waals surface area (Å²) in [5.41, 5.74) is 4.27. The first-order chi connectivity index (χ1) is 11.4. The van der Waals surface area contributed by atoms with E-state index in [4.69, 9.17) is 4.74 Å². The fourth-order valence-corrected chi connectivity index (χ4v) is 3.14. The van der Waals surface area contributed by atoms with Crippen molar-refractivity contribution in [2.24, 2.45) is 0 Å². The fourth-order valence-electron chi connectivity index (χ4n) is 3.14. The molecule has 0 aliphatic heterocycles. The summed E-state index contributed by atoms with van der Waals surface area (Å²) in [7, 11) is 1.68. The van der Waals surface area contributed by atoms with Gasteiger partial charge in [-0.15, -0.1) is 0 Å². The van der Waals surface area contributed by atoms with E-state index < -0.39 is 0 Å². The maximum Gasteiger partial charge on any atom is 0.123 e. The van der Waals surface area contributed by atoms with Gasteiger partial charge in [0, 0.05) is 5.92 Å². The zero-order valence-corrected chi connectivity index (χ0v) is 16.9. The summed E-state index contributed by atoms with van der Waals surface area (Å²) in [6, 6.07) is 12.6. The molecule has 0 saturated carbocycles. The van der Waals surface area contributed by atoms with Crippen LogP contribution in [0.15, 0.2) is 36.4 Å². The Morgan fingerprint density at radius 3 is 1.60 bits per heavy atom. The second kappa shape index (κ2) is 6.74. The van der Waals surface area contributed by atoms with Crippen molar-refractivity contribution < 1.29 is 9.84 Å². The molecular weight excluding hydrogens is 308 g/mol. The van der Waals surface area contributed by atoms with Crippen LogP contribution in [0.5, 0.6) is 11.5 Å². The number of aromatic hydroxyl groups is 1. The minimum Gasteiger partial charge on any atom is -0.507 e. The number of phenols is 1. The van der Waals surface area contributed by atoms with E-state index in [1.807, 2.05) is 12.1 Å². The zero-order valence-electron chi connectivity index (χ0n) is 16.9. The van der Waals surface area contributed by atoms with Crippen molar-refractivity contribution in [3.8, 4) is 11.5 Å². The SMILES string of the molecule is COc1ccc([C@H](C)c2cc(C(C)(C)C)c(O)c(C(C)(C)C)c2)cc1. The third-order valence-electron chi connectivity index (χ3n) is 4.86. The maximum atomic E-state index is 10.9. The predicted octanol–water partition coefficient (Wildman–Crippen LogP) is 6.15. The van der Waals surface area contributed by atoms with Crippen molar-refractivity contribution in [2.75, 3.05) is 7.11 Å². The summed E-state index contributed by atoms with van der Waals surface area (Å²) in [4.78, 5) is 0. The quantitative estimate of drug-likeness (QED) is 0.726. The van der Waals surface area contributed by atoms with Crippen molar-refractivity contribution in [1.82, 2.24) is 0 Å². The molecule has 1 atom stereocenters. The molecule has 136 valence electrons. The van der Waals surface area contributed by atoms with Crippen molar-refractivity contribution >= 4 is 0 Å². The Hall–Kier alpha value is -1.96. The Balaban J connectivity index is 2.59. The van der Waals surface area contributed by atoms with Crippen LogP contribution in [0, 0.1) is 0 Å². The first kappa shape index (κ1) is 19.4. The molecule has 2 aromatic rings. The standard InChI is InChI=1S/C23H32O2/c1-15(16-9-11-18(25-8)12-10-16)17-13-19(22(2,3)4)21(24)20(14-17)23(5,6)7/h9-15,24H,1-8H3/t15-/m0/s1. The summed E-state index contributed by atoms with van der Waals surface area (Å²) in [5.74, 6) is 1.55. The Kier molecular flexibility index (Phi) is 5.22. The molecule has 0 heterocycles. The van der Waals surface area contributed by atoms with Crippen LogP contribution in [0.2, 0.25) is 0 Å². The Labute approximate surface area is 152 Å². The molecule has 0 amide bonds. The minimum absolute atomic E-state index is 0.111. The summed E-state index contributed by atoms with van der Waals surface area (Å²) in [5, 5.41) is 10.9. The van der Waals surface area contributed by atoms with Crippen LogP contribution in [0.4, 0.5) is 0 Å². The number of methoxy groups -OCH3 is 1. The van der Waals surface area contributed by atoms with E-state index in [0.717, 1.165) is 16.9 Å². The lowest BCUT2D eigenvalue weighted by Crippen LogP contribution is -2.18. The van der Waals surface area contributed by atoms with Crippen LogP contribution in [-0.4, -0.2) is 12.2 Å². The van der Waals surface area contributed by atoms with E-state index in [1.54, 1.807) is 7.11 Å². The number of ether oxygens (including phenoxy) is 1. The molecule has 0 aromatic heterocycles. The lowest BCUT2D eigenvalue weighted by molar-refractivity contribution is 0.414. The molecule has 2 rings (SSSR count). The number of benzene rings is 2. The van der Waals surface area contributed by atoms with E-state index in [9.17, 15) is 5.11 Å². The summed E-state index contributed by atoms with van der Waals surface area (Å²) < 4.78 is 5.26. The highest BCUT2D eigenvalue weighted by Crippen LogP contribution is 2.42. The average molecular weight is 341 g/mol. The summed E-state index contributed by atoms with van der Waals surface area (Å²) in [6.07, 6.45) is 0. The monoisotopic (exact) mass is 340 g/mol. The molecule has 0 radical (unpaired) electrons. The molecule has 25 heavy (non-hydrogen) atoms. The van der Waals surface area contributed by atoms with Crippen LogP contribution in [0.1, 0.15) is 76.6 Å². The molecule has 2 heteroatoms. The largest absolute Gasteiger partial charge is 0.507 e. The van der Waals surface area contributed by atoms with Gasteiger partial charge in [-0.3, -0.25) is 0 Å². The van der Waals surface area contributed by atoms with Gasteiger partial charge in [0.05, 0.1) is 7.11 Å². The third kappa shape index (κ3) is 4.18. The average Bonchev–Trinajstić information content (AvgIpc) is 2.52. The summed E-state index contributed by atoms with van der Waals surface area (Å²) >= 11 is 0. The van der Waals surface area contributed by atoms with Gasteiger partial charge >= 0.3 is 0 Å². The summed E-state index contributed by atoms with van der Waals surface area (Å²) in [6.45, 7) is 15.1. The van der Waals surface area contributed by atoms with Gasteiger partial charge in [-0.05, 0) is 45.2 Å². The van der Waals surface area contributed by atoms with Crippen LogP contribution in [-0.2, 0) is 10.8 Å². The van der Waals surface area contributed by atoms with E-state index in [1.165, 1.54) is 11.1 Å². The van der Waals surface area contributed by atoms with E-state index >= 15 is 0 Å². The predicted molar refractivity (Wildman–Crippen MR) is 106 cm³/mol. The van der Waals surface area contributed by atoms with Crippen LogP contribution < -0.4 is 4.74 Å². The topological polar surface area (TPSA) is 29.5 Å². The van der Waals surface area contributed by atoms with Crippen molar-refractivity contribution in [3.05, 3.63) is 58.7 Å². The molecular formula is C23H32O2. The lowest BCUT2D eigenvalue weighted by atomic mass is 9.76. The van der Waals surface area contributed by atoms with Gasteiger partial charge in [0.2, 0.25) is 0 Å². The molecule has 0 unspecified atom stereocenters. The third-order valence-corrected chi connectivity index (χ3v) is 4.86. The molecule has 0 saturated heterocycles. The highest BCUT2D eigenvalue weighted by molar-refractivity contribution is 5.52. The highest BCUT2D eigenvalue weighted by atomic mass is 16.5. The Morgan fingerprint density at radius 1 is 0.800 bits per heavy atom. The van der Waals surface area contributed by atoms with Gasteiger partial charge in [-0.1, -0.05) is 72.7 Å². The second-order valence-corrected chi connectivity index (χ2v) is 8.96. The van der Waals surface area contributed by atoms with Gasteiger partial charge in [-0.25, -0.2) is 0 Å². The Morgan fingerprint density at radius 2 is 1.24 bits per heavy atom. The lowest BCUT2D eigenvalue weighted by Gasteiger charge is -2.29. The van der Waals surface area contributed by atoms with Gasteiger partial charge < -0.3 is 9.84 Å². The highest BCUT2D eigenvalue weighted by Gasteiger charge is 2.27. The van der Waals surface area contributed by atoms with Crippen LogP contribution >= 0.6 is 0 Å². The Bertz CT molecular complexity index is 693. The van der Waals surface area contributed by atoms with Crippen LogP contribution in [0.3, 0.4) is 0 Å². The van der Waals surface area contributed by atoms with Crippen LogP contribution in [0.25, 0.3) is 0 Å². The zero-order chi connectivity index (χ0) is 19.0. The number of phenolic OH excluding ortho intramolecular Hbond substituents is 1. The molecule has 0 spiro atoms. The normalized spacial score (nSPS) is 13.6. The molecule has 1 N–H and O–H groups in total. The number of hydrogen-bond acceptors (Lipinski definition) is 2. The van der Waals surface area contributed by atoms with Crippen molar-refractivity contribution in [1.29, 1.82) is 0 Å². The van der Waals surface area contributed by atoms with Crippen molar-refractivity contribution in [2.45, 2.75) is 65.2 Å². The smallest absolute Gasteiger partial charge is 0.123 e. The maximum absolute atomic E-state index is 10.9. The minimum atomic E-state index is -0.111. The first-order valence-electron chi connectivity index (χ1n) is 8.97. The van der Waals surface area contributed by atoms with E-state index in [0.29, 0.717) is 5.75 Å². The molecule has 0 aliphatic rings. The van der Waals surface area contributed by atoms with Gasteiger partial charge in [0.15, 0.2) is 0 Å². The van der Waals surface area contributed by atoms with Crippen molar-refractivity contribution in [3.63, 3.8) is 0 Å². The van der Waals surface area contributed by atoms with Gasteiger partial charge in [0.25, 0.3) is 0 Å². The molecule has 2 aromatic carbocycles. The van der Waals surface area contributed by atoms with Gasteiger partial charge in [-0.2, -0.15) is 0 Å². The molecule has 0 fully saturated rings. The van der Waals surface area contributed by atoms with E-state index in [2.05, 4.69) is 72.7 Å². The van der Waals surface area contributed by atoms with E-state index in [-0.39, 0.29) is 16.7 Å². The van der Waals surface area contributed by atoms with Gasteiger partial charge in [0.1, 0.15) is 11.5 Å². The number of hydrogen-bond donors (Lipinski definition) is 1.